The summed E-state index contributed by atoms with van der Waals surface area (Å²) >= 11 is 0. The Labute approximate surface area is 87.8 Å². The molecule has 0 rings (SSSR count). The molecule has 0 saturated heterocycles. The van der Waals surface area contributed by atoms with Crippen LogP contribution < -0.4 is 0 Å². The number of hydrogen-bond acceptors (Lipinski definition) is 2. The first kappa shape index (κ1) is 13.9. The lowest BCUT2D eigenvalue weighted by Gasteiger charge is -2.14. The molecule has 0 spiro atoms. The molecular weight excluding hydrogens is 195 g/mol. The Hall–Kier alpha value is -0.100. The van der Waals surface area contributed by atoms with Crippen LogP contribution in [0.2, 0.25) is 0 Å². The van der Waals surface area contributed by atoms with Crippen LogP contribution in [-0.2, 0) is 9.36 Å². The van der Waals surface area contributed by atoms with Gasteiger partial charge < -0.3 is 4.57 Å². The zero-order valence-corrected chi connectivity index (χ0v) is 10.9. The molecule has 14 heavy (non-hydrogen) atoms. The first-order chi connectivity index (χ1) is 6.24. The molecule has 1 atom stereocenters. The number of hydrogen-bond donors (Lipinski definition) is 0. The third-order valence-corrected chi connectivity index (χ3v) is 4.50. The Balaban J connectivity index is 4.08. The molecule has 0 aromatic carbocycles. The number of rotatable bonds is 6. The number of carbonyl (C=O) groups is 1. The monoisotopic (exact) mass is 218 g/mol. The van der Waals surface area contributed by atoms with Gasteiger partial charge in [0.05, 0.1) is 13.3 Å². The summed E-state index contributed by atoms with van der Waals surface area (Å²) in [4.78, 5) is 11.4. The highest BCUT2D eigenvalue weighted by molar-refractivity contribution is 7.64. The van der Waals surface area contributed by atoms with E-state index in [9.17, 15) is 9.36 Å². The molecule has 0 amide bonds. The summed E-state index contributed by atoms with van der Waals surface area (Å²) in [6, 6.07) is 0. The first-order valence-electron chi connectivity index (χ1n) is 5.33. The zero-order chi connectivity index (χ0) is 11.4. The van der Waals surface area contributed by atoms with Crippen LogP contribution in [-0.4, -0.2) is 24.8 Å². The predicted octanol–water partition coefficient (Wildman–Crippen LogP) is 3.25. The summed E-state index contributed by atoms with van der Waals surface area (Å²) in [6.07, 6.45) is 1.96. The fraction of sp³-hybridized carbons (Fsp3) is 0.909. The molecular formula is C11H23O2P. The van der Waals surface area contributed by atoms with E-state index in [-0.39, 0.29) is 17.9 Å². The molecule has 0 aromatic rings. The van der Waals surface area contributed by atoms with Crippen LogP contribution in [0.1, 0.15) is 34.1 Å². The average Bonchev–Trinajstić information content (AvgIpc) is 2.00. The second kappa shape index (κ2) is 5.70. The summed E-state index contributed by atoms with van der Waals surface area (Å²) in [6.45, 7) is 9.72. The Morgan fingerprint density at radius 2 is 1.71 bits per heavy atom. The average molecular weight is 218 g/mol. The molecule has 0 aliphatic heterocycles. The highest BCUT2D eigenvalue weighted by atomic mass is 31.2. The van der Waals surface area contributed by atoms with Crippen LogP contribution in [0.4, 0.5) is 0 Å². The molecule has 1 unspecified atom stereocenters. The molecule has 3 heteroatoms. The van der Waals surface area contributed by atoms with E-state index in [0.717, 1.165) is 6.42 Å². The molecule has 0 fully saturated rings. The van der Waals surface area contributed by atoms with Crippen molar-refractivity contribution in [2.24, 2.45) is 11.8 Å². The Kier molecular flexibility index (Phi) is 5.66. The standard InChI is InChI=1S/C11H23O2P/c1-9(2)6-7-14(5,13)8-11(12)10(3)4/h9-10H,6-8H2,1-5H3. The van der Waals surface area contributed by atoms with Gasteiger partial charge in [0.25, 0.3) is 0 Å². The minimum atomic E-state index is -2.21. The van der Waals surface area contributed by atoms with Crippen LogP contribution >= 0.6 is 7.14 Å². The van der Waals surface area contributed by atoms with E-state index in [1.165, 1.54) is 0 Å². The van der Waals surface area contributed by atoms with E-state index < -0.39 is 7.14 Å². The molecule has 0 N–H and O–H groups in total. The topological polar surface area (TPSA) is 34.1 Å². The van der Waals surface area contributed by atoms with Gasteiger partial charge in [0.2, 0.25) is 0 Å². The fourth-order valence-electron chi connectivity index (χ4n) is 1.12. The van der Waals surface area contributed by atoms with Crippen molar-refractivity contribution in [1.82, 2.24) is 0 Å². The molecule has 0 heterocycles. The molecule has 0 bridgehead atoms. The number of Topliss-reactive ketones (excluding diaryl/α,β-unsaturated/α-hetero) is 1. The lowest BCUT2D eigenvalue weighted by molar-refractivity contribution is -0.119. The minimum Gasteiger partial charge on any atom is -0.323 e. The Morgan fingerprint density at radius 1 is 1.21 bits per heavy atom. The van der Waals surface area contributed by atoms with E-state index in [1.54, 1.807) is 6.66 Å². The van der Waals surface area contributed by atoms with Crippen LogP contribution in [0.25, 0.3) is 0 Å². The maximum atomic E-state index is 12.0. The van der Waals surface area contributed by atoms with Gasteiger partial charge >= 0.3 is 0 Å². The van der Waals surface area contributed by atoms with E-state index in [0.29, 0.717) is 12.1 Å². The van der Waals surface area contributed by atoms with Gasteiger partial charge in [0.15, 0.2) is 0 Å². The van der Waals surface area contributed by atoms with Gasteiger partial charge in [0.1, 0.15) is 5.78 Å². The van der Waals surface area contributed by atoms with Gasteiger partial charge in [-0.15, -0.1) is 0 Å². The highest BCUT2D eigenvalue weighted by Crippen LogP contribution is 2.42. The summed E-state index contributed by atoms with van der Waals surface area (Å²) in [5.74, 6) is 0.722. The lowest BCUT2D eigenvalue weighted by Crippen LogP contribution is -2.13. The van der Waals surface area contributed by atoms with Crippen molar-refractivity contribution < 1.29 is 9.36 Å². The molecule has 0 radical (unpaired) electrons. The Morgan fingerprint density at radius 3 is 2.07 bits per heavy atom. The van der Waals surface area contributed by atoms with Crippen molar-refractivity contribution in [2.75, 3.05) is 19.0 Å². The van der Waals surface area contributed by atoms with E-state index in [4.69, 9.17) is 0 Å². The van der Waals surface area contributed by atoms with Crippen LogP contribution in [0.15, 0.2) is 0 Å². The predicted molar refractivity (Wildman–Crippen MR) is 62.6 cm³/mol. The third-order valence-electron chi connectivity index (χ3n) is 2.31. The van der Waals surface area contributed by atoms with Gasteiger partial charge in [-0.05, 0) is 19.0 Å². The molecule has 0 aliphatic rings. The van der Waals surface area contributed by atoms with Crippen molar-refractivity contribution in [2.45, 2.75) is 34.1 Å². The second-order valence-electron chi connectivity index (χ2n) is 4.98. The van der Waals surface area contributed by atoms with Gasteiger partial charge in [-0.25, -0.2) is 0 Å². The van der Waals surface area contributed by atoms with Gasteiger partial charge in [0, 0.05) is 12.1 Å². The van der Waals surface area contributed by atoms with Crippen LogP contribution in [0.5, 0.6) is 0 Å². The largest absolute Gasteiger partial charge is 0.323 e. The summed E-state index contributed by atoms with van der Waals surface area (Å²) in [5.41, 5.74) is 0. The third kappa shape index (κ3) is 6.37. The Bertz CT molecular complexity index is 231. The summed E-state index contributed by atoms with van der Waals surface area (Å²) in [5, 5.41) is 0. The van der Waals surface area contributed by atoms with Crippen molar-refractivity contribution in [3.8, 4) is 0 Å². The van der Waals surface area contributed by atoms with Gasteiger partial charge in [-0.2, -0.15) is 0 Å². The number of ketones is 1. The van der Waals surface area contributed by atoms with Crippen LogP contribution in [0.3, 0.4) is 0 Å². The first-order valence-corrected chi connectivity index (χ1v) is 7.85. The lowest BCUT2D eigenvalue weighted by atomic mass is 10.1. The van der Waals surface area contributed by atoms with Crippen molar-refractivity contribution in [3.05, 3.63) is 0 Å². The van der Waals surface area contributed by atoms with E-state index >= 15 is 0 Å². The quantitative estimate of drug-likeness (QED) is 0.641. The van der Waals surface area contributed by atoms with E-state index in [1.807, 2.05) is 13.8 Å². The molecule has 0 aliphatic carbocycles. The van der Waals surface area contributed by atoms with Crippen molar-refractivity contribution in [3.63, 3.8) is 0 Å². The van der Waals surface area contributed by atoms with Crippen molar-refractivity contribution >= 4 is 12.9 Å². The maximum Gasteiger partial charge on any atom is 0.142 e. The maximum absolute atomic E-state index is 12.0. The second-order valence-corrected chi connectivity index (χ2v) is 8.34. The number of carbonyl (C=O) groups excluding carboxylic acids is 1. The summed E-state index contributed by atoms with van der Waals surface area (Å²) < 4.78 is 12.0. The normalized spacial score (nSPS) is 15.9. The zero-order valence-electron chi connectivity index (χ0n) is 10.0. The highest BCUT2D eigenvalue weighted by Gasteiger charge is 2.21. The van der Waals surface area contributed by atoms with Gasteiger partial charge in [-0.3, -0.25) is 4.79 Å². The molecule has 2 nitrogen and oxygen atoms in total. The van der Waals surface area contributed by atoms with Crippen LogP contribution in [0, 0.1) is 11.8 Å². The SMILES string of the molecule is CC(C)CCP(C)(=O)CC(=O)C(C)C. The smallest absolute Gasteiger partial charge is 0.142 e. The summed E-state index contributed by atoms with van der Waals surface area (Å²) in [7, 11) is -2.21. The molecule has 0 saturated carbocycles. The fourth-order valence-corrected chi connectivity index (χ4v) is 3.37. The molecule has 84 valence electrons. The molecule has 0 aromatic heterocycles. The minimum absolute atomic E-state index is 0.0160. The van der Waals surface area contributed by atoms with Crippen molar-refractivity contribution in [1.29, 1.82) is 0 Å². The van der Waals surface area contributed by atoms with E-state index in [2.05, 4.69) is 13.8 Å². The van der Waals surface area contributed by atoms with Gasteiger partial charge in [-0.1, -0.05) is 27.7 Å².